The van der Waals surface area contributed by atoms with Crippen molar-refractivity contribution >= 4 is 17.4 Å². The van der Waals surface area contributed by atoms with Crippen molar-refractivity contribution < 1.29 is 0 Å². The van der Waals surface area contributed by atoms with Gasteiger partial charge in [-0.25, -0.2) is 4.68 Å². The first-order chi connectivity index (χ1) is 9.70. The Kier molecular flexibility index (Phi) is 3.64. The molecule has 1 saturated carbocycles. The van der Waals surface area contributed by atoms with Crippen LogP contribution in [0.2, 0.25) is 0 Å². The lowest BCUT2D eigenvalue weighted by Crippen LogP contribution is -2.09. The third-order valence-electron chi connectivity index (χ3n) is 3.75. The summed E-state index contributed by atoms with van der Waals surface area (Å²) in [5.74, 6) is 0. The Morgan fingerprint density at radius 2 is 2.10 bits per heavy atom. The summed E-state index contributed by atoms with van der Waals surface area (Å²) in [4.78, 5) is 0. The predicted octanol–water partition coefficient (Wildman–Crippen LogP) is 2.05. The van der Waals surface area contributed by atoms with Gasteiger partial charge in [-0.05, 0) is 48.9 Å². The molecule has 2 aromatic rings. The number of aromatic nitrogens is 6. The Balaban J connectivity index is 1.90. The molecule has 2 N–H and O–H groups in total. The van der Waals surface area contributed by atoms with Crippen molar-refractivity contribution in [2.45, 2.75) is 62.3 Å². The smallest absolute Gasteiger partial charge is 0.215 e. The SMILES string of the molecule is CCn1nc(C)c(N)c1Sc1nnnn1C1CCCC1. The maximum Gasteiger partial charge on any atom is 0.215 e. The topological polar surface area (TPSA) is 87.4 Å². The van der Waals surface area contributed by atoms with Gasteiger partial charge in [-0.3, -0.25) is 4.68 Å². The molecule has 0 atom stereocenters. The minimum atomic E-state index is 0.424. The number of nitrogens with two attached hydrogens (primary N) is 1. The minimum Gasteiger partial charge on any atom is -0.395 e. The van der Waals surface area contributed by atoms with E-state index in [0.717, 1.165) is 41.0 Å². The average Bonchev–Trinajstić information content (AvgIpc) is 3.15. The van der Waals surface area contributed by atoms with Crippen LogP contribution >= 0.6 is 11.8 Å². The molecular formula is C12H19N7S. The fourth-order valence-electron chi connectivity index (χ4n) is 2.61. The Morgan fingerprint density at radius 3 is 2.80 bits per heavy atom. The van der Waals surface area contributed by atoms with E-state index >= 15 is 0 Å². The summed E-state index contributed by atoms with van der Waals surface area (Å²) < 4.78 is 3.85. The summed E-state index contributed by atoms with van der Waals surface area (Å²) in [7, 11) is 0. The van der Waals surface area contributed by atoms with Crippen LogP contribution in [0.4, 0.5) is 5.69 Å². The molecule has 0 aromatic carbocycles. The first-order valence-electron chi connectivity index (χ1n) is 6.99. The highest BCUT2D eigenvalue weighted by Gasteiger charge is 2.23. The van der Waals surface area contributed by atoms with Gasteiger partial charge in [-0.1, -0.05) is 12.8 Å². The number of anilines is 1. The van der Waals surface area contributed by atoms with E-state index in [0.29, 0.717) is 6.04 Å². The number of rotatable bonds is 4. The van der Waals surface area contributed by atoms with E-state index in [9.17, 15) is 0 Å². The number of nitrogen functional groups attached to an aromatic ring is 1. The second kappa shape index (κ2) is 5.43. The van der Waals surface area contributed by atoms with Gasteiger partial charge in [0.15, 0.2) is 0 Å². The van der Waals surface area contributed by atoms with Crippen LogP contribution in [0.1, 0.15) is 44.3 Å². The van der Waals surface area contributed by atoms with Gasteiger partial charge in [-0.2, -0.15) is 5.10 Å². The quantitative estimate of drug-likeness (QED) is 0.928. The third-order valence-corrected chi connectivity index (χ3v) is 4.82. The van der Waals surface area contributed by atoms with Crippen LogP contribution in [0.25, 0.3) is 0 Å². The Bertz CT molecular complexity index is 597. The summed E-state index contributed by atoms with van der Waals surface area (Å²) in [6, 6.07) is 0.424. The Labute approximate surface area is 121 Å². The first-order valence-corrected chi connectivity index (χ1v) is 7.81. The van der Waals surface area contributed by atoms with E-state index < -0.39 is 0 Å². The van der Waals surface area contributed by atoms with E-state index in [1.165, 1.54) is 24.6 Å². The molecule has 0 bridgehead atoms. The zero-order valence-corrected chi connectivity index (χ0v) is 12.6. The molecular weight excluding hydrogens is 274 g/mol. The largest absolute Gasteiger partial charge is 0.395 e. The lowest BCUT2D eigenvalue weighted by molar-refractivity contribution is 0.422. The predicted molar refractivity (Wildman–Crippen MR) is 76.5 cm³/mol. The molecule has 108 valence electrons. The van der Waals surface area contributed by atoms with Crippen molar-refractivity contribution in [3.8, 4) is 0 Å². The van der Waals surface area contributed by atoms with Gasteiger partial charge < -0.3 is 5.73 Å². The molecule has 0 spiro atoms. The van der Waals surface area contributed by atoms with E-state index in [2.05, 4.69) is 27.5 Å². The summed E-state index contributed by atoms with van der Waals surface area (Å²) in [5.41, 5.74) is 7.69. The standard InChI is InChI=1S/C12H19N7S/c1-3-18-11(10(13)8(2)15-18)20-12-14-16-17-19(12)9-6-4-5-7-9/h9H,3-7,13H2,1-2H3. The normalized spacial score (nSPS) is 16.1. The highest BCUT2D eigenvalue weighted by atomic mass is 32.2. The number of tetrazole rings is 1. The van der Waals surface area contributed by atoms with Gasteiger partial charge in [0, 0.05) is 6.54 Å². The molecule has 8 heteroatoms. The maximum absolute atomic E-state index is 6.12. The molecule has 0 aliphatic heterocycles. The molecule has 1 aliphatic carbocycles. The molecule has 2 heterocycles. The molecule has 2 aromatic heterocycles. The average molecular weight is 293 g/mol. The van der Waals surface area contributed by atoms with Crippen molar-refractivity contribution in [3.05, 3.63) is 5.69 Å². The summed E-state index contributed by atoms with van der Waals surface area (Å²) in [5, 5.41) is 18.3. The highest BCUT2D eigenvalue weighted by molar-refractivity contribution is 7.99. The van der Waals surface area contributed by atoms with Crippen molar-refractivity contribution in [2.24, 2.45) is 0 Å². The molecule has 7 nitrogen and oxygen atoms in total. The van der Waals surface area contributed by atoms with Crippen molar-refractivity contribution in [1.29, 1.82) is 0 Å². The monoisotopic (exact) mass is 293 g/mol. The van der Waals surface area contributed by atoms with Crippen molar-refractivity contribution in [3.63, 3.8) is 0 Å². The van der Waals surface area contributed by atoms with Crippen LogP contribution in [0.3, 0.4) is 0 Å². The van der Waals surface area contributed by atoms with Gasteiger partial charge >= 0.3 is 0 Å². The van der Waals surface area contributed by atoms with E-state index in [-0.39, 0.29) is 0 Å². The molecule has 1 aliphatic rings. The summed E-state index contributed by atoms with van der Waals surface area (Å²) in [6.07, 6.45) is 4.81. The second-order valence-electron chi connectivity index (χ2n) is 5.07. The zero-order valence-electron chi connectivity index (χ0n) is 11.8. The fraction of sp³-hybridized carbons (Fsp3) is 0.667. The first kappa shape index (κ1) is 13.4. The molecule has 0 saturated heterocycles. The third kappa shape index (κ3) is 2.28. The van der Waals surface area contributed by atoms with Crippen LogP contribution in [0, 0.1) is 6.92 Å². The van der Waals surface area contributed by atoms with Crippen LogP contribution in [-0.4, -0.2) is 30.0 Å². The Hall–Kier alpha value is -1.57. The van der Waals surface area contributed by atoms with Crippen molar-refractivity contribution in [2.75, 3.05) is 5.73 Å². The van der Waals surface area contributed by atoms with Crippen LogP contribution in [-0.2, 0) is 6.54 Å². The molecule has 3 rings (SSSR count). The maximum atomic E-state index is 6.12. The summed E-state index contributed by atoms with van der Waals surface area (Å²) >= 11 is 1.51. The van der Waals surface area contributed by atoms with E-state index in [4.69, 9.17) is 5.73 Å². The van der Waals surface area contributed by atoms with Crippen LogP contribution in [0.15, 0.2) is 10.2 Å². The second-order valence-corrected chi connectivity index (χ2v) is 6.02. The lowest BCUT2D eigenvalue weighted by Gasteiger charge is -2.11. The van der Waals surface area contributed by atoms with Crippen LogP contribution < -0.4 is 5.73 Å². The lowest BCUT2D eigenvalue weighted by atomic mass is 10.3. The van der Waals surface area contributed by atoms with Gasteiger partial charge in [0.05, 0.1) is 17.4 Å². The van der Waals surface area contributed by atoms with Gasteiger partial charge in [0.25, 0.3) is 0 Å². The van der Waals surface area contributed by atoms with Gasteiger partial charge in [-0.15, -0.1) is 5.10 Å². The Morgan fingerprint density at radius 1 is 1.35 bits per heavy atom. The van der Waals surface area contributed by atoms with Crippen molar-refractivity contribution in [1.82, 2.24) is 30.0 Å². The molecule has 20 heavy (non-hydrogen) atoms. The van der Waals surface area contributed by atoms with Gasteiger partial charge in [0.2, 0.25) is 5.16 Å². The fourth-order valence-corrected chi connectivity index (χ4v) is 3.68. The molecule has 0 radical (unpaired) electrons. The van der Waals surface area contributed by atoms with Crippen LogP contribution in [0.5, 0.6) is 0 Å². The summed E-state index contributed by atoms with van der Waals surface area (Å²) in [6.45, 7) is 4.76. The minimum absolute atomic E-state index is 0.424. The molecule has 1 fully saturated rings. The number of hydrogen-bond donors (Lipinski definition) is 1. The van der Waals surface area contributed by atoms with E-state index in [1.807, 2.05) is 16.3 Å². The van der Waals surface area contributed by atoms with Gasteiger partial charge in [0.1, 0.15) is 5.03 Å². The van der Waals surface area contributed by atoms with E-state index in [1.54, 1.807) is 0 Å². The zero-order chi connectivity index (χ0) is 14.1. The highest BCUT2D eigenvalue weighted by Crippen LogP contribution is 2.36. The molecule has 0 unspecified atom stereocenters. The number of hydrogen-bond acceptors (Lipinski definition) is 6. The number of aryl methyl sites for hydroxylation is 2. The molecule has 0 amide bonds. The number of nitrogens with zero attached hydrogens (tertiary/aromatic N) is 6.